The first-order valence-electron chi connectivity index (χ1n) is 13.3. The van der Waals surface area contributed by atoms with Crippen LogP contribution in [0, 0.1) is 0 Å². The maximum atomic E-state index is 5.09. The average Bonchev–Trinajstić information content (AvgIpc) is 3.61. The number of nitrogens with zero attached hydrogens (tertiary/aromatic N) is 3. The van der Waals surface area contributed by atoms with Gasteiger partial charge in [0.2, 0.25) is 0 Å². The second-order valence-electron chi connectivity index (χ2n) is 9.89. The SMILES string of the molecule is c1ccc(-c2cccc3nc(-c4ccc5c6ccccc6n(-c6cccc(-c7ccccn7)c6)c5c4)sc23)cc1. The van der Waals surface area contributed by atoms with Crippen molar-refractivity contribution in [2.45, 2.75) is 0 Å². The number of pyridine rings is 1. The van der Waals surface area contributed by atoms with E-state index in [0.29, 0.717) is 0 Å². The molecule has 3 nitrogen and oxygen atoms in total. The molecule has 0 fully saturated rings. The zero-order chi connectivity index (χ0) is 26.5. The largest absolute Gasteiger partial charge is 0.309 e. The van der Waals surface area contributed by atoms with Crippen LogP contribution in [0.3, 0.4) is 0 Å². The van der Waals surface area contributed by atoms with E-state index in [-0.39, 0.29) is 0 Å². The maximum absolute atomic E-state index is 5.09. The van der Waals surface area contributed by atoms with Crippen LogP contribution in [-0.4, -0.2) is 14.5 Å². The van der Waals surface area contributed by atoms with Crippen molar-refractivity contribution in [3.8, 4) is 38.6 Å². The first-order valence-corrected chi connectivity index (χ1v) is 14.2. The number of benzene rings is 5. The highest BCUT2D eigenvalue weighted by Gasteiger charge is 2.16. The van der Waals surface area contributed by atoms with Gasteiger partial charge in [-0.25, -0.2) is 4.98 Å². The molecule has 0 saturated heterocycles. The van der Waals surface area contributed by atoms with Gasteiger partial charge in [0.05, 0.1) is 26.9 Å². The highest BCUT2D eigenvalue weighted by atomic mass is 32.1. The van der Waals surface area contributed by atoms with Gasteiger partial charge < -0.3 is 4.57 Å². The molecule has 0 N–H and O–H groups in total. The van der Waals surface area contributed by atoms with E-state index in [1.165, 1.54) is 37.6 Å². The van der Waals surface area contributed by atoms with E-state index in [1.54, 1.807) is 11.3 Å². The summed E-state index contributed by atoms with van der Waals surface area (Å²) in [6, 6.07) is 47.0. The van der Waals surface area contributed by atoms with Crippen molar-refractivity contribution in [1.82, 2.24) is 14.5 Å². The minimum Gasteiger partial charge on any atom is -0.309 e. The van der Waals surface area contributed by atoms with E-state index in [0.717, 1.165) is 33.0 Å². The molecule has 0 saturated carbocycles. The zero-order valence-corrected chi connectivity index (χ0v) is 22.3. The van der Waals surface area contributed by atoms with Crippen LogP contribution in [0.15, 0.2) is 140 Å². The lowest BCUT2D eigenvalue weighted by Gasteiger charge is -2.10. The summed E-state index contributed by atoms with van der Waals surface area (Å²) in [6.07, 6.45) is 1.84. The number of fused-ring (bicyclic) bond motifs is 4. The Morgan fingerprint density at radius 1 is 0.550 bits per heavy atom. The number of aromatic nitrogens is 3. The van der Waals surface area contributed by atoms with Crippen molar-refractivity contribution in [2.24, 2.45) is 0 Å². The lowest BCUT2D eigenvalue weighted by molar-refractivity contribution is 1.18. The van der Waals surface area contributed by atoms with Crippen LogP contribution >= 0.6 is 11.3 Å². The zero-order valence-electron chi connectivity index (χ0n) is 21.5. The molecule has 0 spiro atoms. The summed E-state index contributed by atoms with van der Waals surface area (Å²) >= 11 is 1.76. The Bertz CT molecular complexity index is 2160. The fraction of sp³-hybridized carbons (Fsp3) is 0. The molecule has 188 valence electrons. The van der Waals surface area contributed by atoms with E-state index in [4.69, 9.17) is 4.98 Å². The maximum Gasteiger partial charge on any atom is 0.124 e. The van der Waals surface area contributed by atoms with Crippen molar-refractivity contribution in [3.05, 3.63) is 140 Å². The summed E-state index contributed by atoms with van der Waals surface area (Å²) < 4.78 is 3.58. The minimum atomic E-state index is 0.967. The van der Waals surface area contributed by atoms with Crippen molar-refractivity contribution in [2.75, 3.05) is 0 Å². The molecule has 8 aromatic rings. The van der Waals surface area contributed by atoms with Gasteiger partial charge in [-0.3, -0.25) is 4.98 Å². The fourth-order valence-electron chi connectivity index (χ4n) is 5.64. The predicted octanol–water partition coefficient (Wildman–Crippen LogP) is 9.79. The van der Waals surface area contributed by atoms with Gasteiger partial charge in [0, 0.05) is 39.3 Å². The first kappa shape index (κ1) is 22.9. The Labute approximate surface area is 235 Å². The van der Waals surface area contributed by atoms with Crippen LogP contribution < -0.4 is 0 Å². The number of hydrogen-bond donors (Lipinski definition) is 0. The van der Waals surface area contributed by atoms with E-state index in [9.17, 15) is 0 Å². The summed E-state index contributed by atoms with van der Waals surface area (Å²) in [6.45, 7) is 0. The monoisotopic (exact) mass is 529 g/mol. The van der Waals surface area contributed by atoms with Crippen LogP contribution in [0.4, 0.5) is 0 Å². The molecule has 5 aromatic carbocycles. The Morgan fingerprint density at radius 3 is 2.25 bits per heavy atom. The van der Waals surface area contributed by atoms with Crippen molar-refractivity contribution >= 4 is 43.4 Å². The third-order valence-corrected chi connectivity index (χ3v) is 8.64. The van der Waals surface area contributed by atoms with Gasteiger partial charge in [0.15, 0.2) is 0 Å². The molecule has 8 rings (SSSR count). The van der Waals surface area contributed by atoms with Crippen LogP contribution in [0.5, 0.6) is 0 Å². The third-order valence-electron chi connectivity index (χ3n) is 7.49. The Morgan fingerprint density at radius 2 is 1.35 bits per heavy atom. The lowest BCUT2D eigenvalue weighted by Crippen LogP contribution is -1.95. The van der Waals surface area contributed by atoms with E-state index < -0.39 is 0 Å². The molecule has 0 aliphatic carbocycles. The number of hydrogen-bond acceptors (Lipinski definition) is 3. The topological polar surface area (TPSA) is 30.7 Å². The van der Waals surface area contributed by atoms with Crippen LogP contribution in [0.1, 0.15) is 0 Å². The molecule has 0 amide bonds. The number of thiazole rings is 1. The Hall–Kier alpha value is -5.06. The third kappa shape index (κ3) is 3.73. The molecule has 3 heterocycles. The quantitative estimate of drug-likeness (QED) is 0.227. The van der Waals surface area contributed by atoms with Crippen molar-refractivity contribution < 1.29 is 0 Å². The van der Waals surface area contributed by atoms with Gasteiger partial charge >= 0.3 is 0 Å². The molecule has 0 aliphatic rings. The summed E-state index contributed by atoms with van der Waals surface area (Å²) in [5, 5.41) is 3.50. The standard InChI is InChI=1S/C36H23N3S/c1-2-10-24(11-3-1)28-15-9-17-32-35(28)40-36(38-32)26-19-20-30-29-14-4-5-18-33(29)39(34(30)23-26)27-13-8-12-25(22-27)31-16-6-7-21-37-31/h1-23H. The Kier molecular flexibility index (Phi) is 5.32. The molecule has 40 heavy (non-hydrogen) atoms. The summed E-state index contributed by atoms with van der Waals surface area (Å²) in [5.41, 5.74) is 10.1. The normalized spacial score (nSPS) is 11.5. The molecule has 0 aliphatic heterocycles. The second kappa shape index (κ2) is 9.30. The predicted molar refractivity (Wildman–Crippen MR) is 168 cm³/mol. The first-order chi connectivity index (χ1) is 19.8. The molecule has 3 aromatic heterocycles. The molecule has 0 atom stereocenters. The van der Waals surface area contributed by atoms with Gasteiger partial charge in [-0.2, -0.15) is 0 Å². The number of para-hydroxylation sites is 1. The minimum absolute atomic E-state index is 0.967. The highest BCUT2D eigenvalue weighted by molar-refractivity contribution is 7.22. The Balaban J connectivity index is 1.33. The molecular weight excluding hydrogens is 506 g/mol. The van der Waals surface area contributed by atoms with E-state index in [1.807, 2.05) is 18.3 Å². The second-order valence-corrected chi connectivity index (χ2v) is 10.9. The van der Waals surface area contributed by atoms with Crippen LogP contribution in [0.25, 0.3) is 70.7 Å². The van der Waals surface area contributed by atoms with Crippen LogP contribution in [0.2, 0.25) is 0 Å². The fourth-order valence-corrected chi connectivity index (χ4v) is 6.73. The molecular formula is C36H23N3S. The molecule has 0 unspecified atom stereocenters. The molecule has 0 bridgehead atoms. The van der Waals surface area contributed by atoms with Gasteiger partial charge in [-0.1, -0.05) is 91.0 Å². The van der Waals surface area contributed by atoms with Gasteiger partial charge in [0.1, 0.15) is 5.01 Å². The summed E-state index contributed by atoms with van der Waals surface area (Å²) in [4.78, 5) is 9.67. The summed E-state index contributed by atoms with van der Waals surface area (Å²) in [7, 11) is 0. The van der Waals surface area contributed by atoms with Crippen molar-refractivity contribution in [3.63, 3.8) is 0 Å². The highest BCUT2D eigenvalue weighted by Crippen LogP contribution is 2.40. The number of rotatable bonds is 4. The lowest BCUT2D eigenvalue weighted by atomic mass is 10.1. The van der Waals surface area contributed by atoms with Gasteiger partial charge in [-0.05, 0) is 48.0 Å². The van der Waals surface area contributed by atoms with Crippen LogP contribution in [-0.2, 0) is 0 Å². The molecule has 0 radical (unpaired) electrons. The summed E-state index contributed by atoms with van der Waals surface area (Å²) in [5.74, 6) is 0. The average molecular weight is 530 g/mol. The van der Waals surface area contributed by atoms with Crippen molar-refractivity contribution in [1.29, 1.82) is 0 Å². The van der Waals surface area contributed by atoms with E-state index >= 15 is 0 Å². The smallest absolute Gasteiger partial charge is 0.124 e. The van der Waals surface area contributed by atoms with Gasteiger partial charge in [-0.15, -0.1) is 11.3 Å². The van der Waals surface area contributed by atoms with Gasteiger partial charge in [0.25, 0.3) is 0 Å². The van der Waals surface area contributed by atoms with E-state index in [2.05, 4.69) is 131 Å². The molecule has 4 heteroatoms.